The fraction of sp³-hybridized carbons (Fsp3) is 0.0625. The van der Waals surface area contributed by atoms with E-state index in [1.54, 1.807) is 10.9 Å². The second-order valence-electron chi connectivity index (χ2n) is 4.58. The lowest BCUT2D eigenvalue weighted by molar-refractivity contribution is -0.137. The Balaban J connectivity index is 1.81. The highest BCUT2D eigenvalue weighted by atomic mass is 19.4. The van der Waals surface area contributed by atoms with Crippen LogP contribution in [0.1, 0.15) is 5.56 Å². The van der Waals surface area contributed by atoms with Crippen LogP contribution >= 0.6 is 0 Å². The fourth-order valence-electron chi connectivity index (χ4n) is 1.95. The molecule has 6 heteroatoms. The van der Waals surface area contributed by atoms with Gasteiger partial charge in [-0.3, -0.25) is 0 Å². The summed E-state index contributed by atoms with van der Waals surface area (Å²) in [6.45, 7) is 0. The summed E-state index contributed by atoms with van der Waals surface area (Å²) in [6, 6.07) is 14.1. The lowest BCUT2D eigenvalue weighted by Crippen LogP contribution is -2.04. The number of aromatic nitrogens is 2. The van der Waals surface area contributed by atoms with Gasteiger partial charge in [-0.2, -0.15) is 18.3 Å². The van der Waals surface area contributed by atoms with Crippen LogP contribution in [0.3, 0.4) is 0 Å². The largest absolute Gasteiger partial charge is 0.454 e. The normalized spacial score (nSPS) is 11.4. The Morgan fingerprint density at radius 2 is 1.68 bits per heavy atom. The Morgan fingerprint density at radius 3 is 2.41 bits per heavy atom. The SMILES string of the molecule is FC(F)(F)c1cccc(Oc2cnn(-c3ccccc3)c2)c1. The number of halogens is 3. The number of hydrogen-bond donors (Lipinski definition) is 0. The zero-order chi connectivity index (χ0) is 15.6. The molecule has 3 nitrogen and oxygen atoms in total. The van der Waals surface area contributed by atoms with E-state index >= 15 is 0 Å². The van der Waals surface area contributed by atoms with Crippen LogP contribution in [0.5, 0.6) is 11.5 Å². The third kappa shape index (κ3) is 3.11. The van der Waals surface area contributed by atoms with Crippen molar-refractivity contribution in [2.75, 3.05) is 0 Å². The summed E-state index contributed by atoms with van der Waals surface area (Å²) in [6.07, 6.45) is -1.34. The first-order valence-electron chi connectivity index (χ1n) is 6.47. The highest BCUT2D eigenvalue weighted by Gasteiger charge is 2.30. The second kappa shape index (κ2) is 5.55. The van der Waals surface area contributed by atoms with Gasteiger partial charge in [0.25, 0.3) is 0 Å². The number of ether oxygens (including phenoxy) is 1. The van der Waals surface area contributed by atoms with Crippen molar-refractivity contribution in [1.82, 2.24) is 9.78 Å². The Morgan fingerprint density at radius 1 is 0.909 bits per heavy atom. The van der Waals surface area contributed by atoms with E-state index in [4.69, 9.17) is 4.74 Å². The first kappa shape index (κ1) is 14.2. The lowest BCUT2D eigenvalue weighted by Gasteiger charge is -2.08. The second-order valence-corrected chi connectivity index (χ2v) is 4.58. The number of alkyl halides is 3. The minimum Gasteiger partial charge on any atom is -0.454 e. The summed E-state index contributed by atoms with van der Waals surface area (Å²) in [7, 11) is 0. The minimum absolute atomic E-state index is 0.113. The number of nitrogens with zero attached hydrogens (tertiary/aromatic N) is 2. The summed E-state index contributed by atoms with van der Waals surface area (Å²) in [5, 5.41) is 4.12. The van der Waals surface area contributed by atoms with Gasteiger partial charge in [-0.05, 0) is 30.3 Å². The monoisotopic (exact) mass is 304 g/mol. The molecular formula is C16H11F3N2O. The van der Waals surface area contributed by atoms with Crippen molar-refractivity contribution >= 4 is 0 Å². The molecule has 0 aliphatic heterocycles. The maximum Gasteiger partial charge on any atom is 0.416 e. The Hall–Kier alpha value is -2.76. The molecule has 0 saturated carbocycles. The van der Waals surface area contributed by atoms with Crippen LogP contribution in [-0.2, 0) is 6.18 Å². The molecule has 2 aromatic carbocycles. The highest BCUT2D eigenvalue weighted by Crippen LogP contribution is 2.32. The molecule has 1 heterocycles. The molecule has 0 N–H and O–H groups in total. The van der Waals surface area contributed by atoms with E-state index < -0.39 is 11.7 Å². The molecule has 0 spiro atoms. The third-order valence-corrected chi connectivity index (χ3v) is 2.98. The van der Waals surface area contributed by atoms with Crippen LogP contribution < -0.4 is 4.74 Å². The molecule has 0 unspecified atom stereocenters. The standard InChI is InChI=1S/C16H11F3N2O/c17-16(18,19)12-5-4-8-14(9-12)22-15-10-20-21(11-15)13-6-2-1-3-7-13/h1-11H. The third-order valence-electron chi connectivity index (χ3n) is 2.98. The van der Waals surface area contributed by atoms with Gasteiger partial charge >= 0.3 is 6.18 Å². The zero-order valence-corrected chi connectivity index (χ0v) is 11.3. The predicted octanol–water partition coefficient (Wildman–Crippen LogP) is 4.68. The van der Waals surface area contributed by atoms with E-state index in [2.05, 4.69) is 5.10 Å². The first-order chi connectivity index (χ1) is 10.5. The van der Waals surface area contributed by atoms with Gasteiger partial charge in [-0.15, -0.1) is 0 Å². The summed E-state index contributed by atoms with van der Waals surface area (Å²) in [5.41, 5.74) is 0.0850. The van der Waals surface area contributed by atoms with Crippen LogP contribution in [-0.4, -0.2) is 9.78 Å². The smallest absolute Gasteiger partial charge is 0.416 e. The van der Waals surface area contributed by atoms with Crippen molar-refractivity contribution in [3.8, 4) is 17.2 Å². The number of hydrogen-bond acceptors (Lipinski definition) is 2. The molecule has 1 aromatic heterocycles. The van der Waals surface area contributed by atoms with Crippen molar-refractivity contribution in [3.63, 3.8) is 0 Å². The highest BCUT2D eigenvalue weighted by molar-refractivity contribution is 5.36. The number of benzene rings is 2. The number of rotatable bonds is 3. The molecule has 0 bridgehead atoms. The summed E-state index contributed by atoms with van der Waals surface area (Å²) < 4.78 is 45.0. The Labute approximate surface area is 124 Å². The van der Waals surface area contributed by atoms with E-state index in [0.717, 1.165) is 17.8 Å². The molecule has 0 aliphatic carbocycles. The molecular weight excluding hydrogens is 293 g/mol. The fourth-order valence-corrected chi connectivity index (χ4v) is 1.95. The van der Waals surface area contributed by atoms with E-state index in [1.165, 1.54) is 18.3 Å². The molecule has 0 aliphatic rings. The van der Waals surface area contributed by atoms with Crippen molar-refractivity contribution < 1.29 is 17.9 Å². The first-order valence-corrected chi connectivity index (χ1v) is 6.47. The quantitative estimate of drug-likeness (QED) is 0.702. The molecule has 0 saturated heterocycles. The van der Waals surface area contributed by atoms with E-state index in [1.807, 2.05) is 30.3 Å². The Kier molecular flexibility index (Phi) is 3.58. The van der Waals surface area contributed by atoms with Gasteiger partial charge in [0, 0.05) is 0 Å². The van der Waals surface area contributed by atoms with Crippen molar-refractivity contribution in [2.24, 2.45) is 0 Å². The van der Waals surface area contributed by atoms with Crippen molar-refractivity contribution in [3.05, 3.63) is 72.6 Å². The summed E-state index contributed by atoms with van der Waals surface area (Å²) in [4.78, 5) is 0. The van der Waals surface area contributed by atoms with Gasteiger partial charge in [0.05, 0.1) is 23.6 Å². The van der Waals surface area contributed by atoms with Gasteiger partial charge in [0.15, 0.2) is 5.75 Å². The topological polar surface area (TPSA) is 27.1 Å². The maximum atomic E-state index is 12.7. The average molecular weight is 304 g/mol. The van der Waals surface area contributed by atoms with Gasteiger partial charge in [-0.25, -0.2) is 4.68 Å². The van der Waals surface area contributed by atoms with E-state index in [0.29, 0.717) is 5.75 Å². The molecule has 0 radical (unpaired) electrons. The van der Waals surface area contributed by atoms with Gasteiger partial charge in [0.1, 0.15) is 5.75 Å². The van der Waals surface area contributed by atoms with Crippen molar-refractivity contribution in [1.29, 1.82) is 0 Å². The van der Waals surface area contributed by atoms with Crippen LogP contribution in [0.15, 0.2) is 67.0 Å². The molecule has 3 aromatic rings. The van der Waals surface area contributed by atoms with Crippen molar-refractivity contribution in [2.45, 2.75) is 6.18 Å². The van der Waals surface area contributed by atoms with E-state index in [-0.39, 0.29) is 5.75 Å². The van der Waals surface area contributed by atoms with Crippen LogP contribution in [0, 0.1) is 0 Å². The van der Waals surface area contributed by atoms with Gasteiger partial charge < -0.3 is 4.74 Å². The molecule has 3 rings (SSSR count). The number of para-hydroxylation sites is 1. The molecule has 0 amide bonds. The van der Waals surface area contributed by atoms with E-state index in [9.17, 15) is 13.2 Å². The van der Waals surface area contributed by atoms with Gasteiger partial charge in [-0.1, -0.05) is 24.3 Å². The predicted molar refractivity (Wildman–Crippen MR) is 75.1 cm³/mol. The van der Waals surface area contributed by atoms with Gasteiger partial charge in [0.2, 0.25) is 0 Å². The molecule has 112 valence electrons. The van der Waals surface area contributed by atoms with Crippen LogP contribution in [0.25, 0.3) is 5.69 Å². The van der Waals surface area contributed by atoms with Crippen LogP contribution in [0.2, 0.25) is 0 Å². The molecule has 22 heavy (non-hydrogen) atoms. The maximum absolute atomic E-state index is 12.7. The molecule has 0 fully saturated rings. The summed E-state index contributed by atoms with van der Waals surface area (Å²) in [5.74, 6) is 0.477. The zero-order valence-electron chi connectivity index (χ0n) is 11.3. The molecule has 0 atom stereocenters. The average Bonchev–Trinajstić information content (AvgIpc) is 2.96. The summed E-state index contributed by atoms with van der Waals surface area (Å²) >= 11 is 0. The lowest BCUT2D eigenvalue weighted by atomic mass is 10.2. The Bertz CT molecular complexity index is 766. The minimum atomic E-state index is -4.40. The van der Waals surface area contributed by atoms with Crippen LogP contribution in [0.4, 0.5) is 13.2 Å².